The third-order valence-electron chi connectivity index (χ3n) is 5.53. The van der Waals surface area contributed by atoms with E-state index in [1.807, 2.05) is 11.8 Å². The van der Waals surface area contributed by atoms with Gasteiger partial charge in [0.15, 0.2) is 0 Å². The summed E-state index contributed by atoms with van der Waals surface area (Å²) in [6, 6.07) is 11.4. The van der Waals surface area contributed by atoms with Crippen LogP contribution in [0.4, 0.5) is 4.39 Å². The van der Waals surface area contributed by atoms with Gasteiger partial charge in [-0.3, -0.25) is 19.3 Å². The molecule has 3 rings (SSSR count). The van der Waals surface area contributed by atoms with Crippen LogP contribution in [0.25, 0.3) is 6.08 Å². The summed E-state index contributed by atoms with van der Waals surface area (Å²) in [4.78, 5) is 34.4. The third-order valence-corrected chi connectivity index (χ3v) is 5.76. The molecular weight excluding hydrogens is 433 g/mol. The number of hydrogen-bond acceptors (Lipinski definition) is 4. The SMILES string of the molecule is CON(C)C(=O)c1cc(Cl)ccc1C=CC(=O)N1CCN(Cc2ccc(F)cc2)C[C@H]1C. The maximum atomic E-state index is 13.1. The molecule has 1 aliphatic heterocycles. The lowest BCUT2D eigenvalue weighted by atomic mass is 10.1. The highest BCUT2D eigenvalue weighted by Crippen LogP contribution is 2.20. The van der Waals surface area contributed by atoms with E-state index in [9.17, 15) is 14.0 Å². The fourth-order valence-corrected chi connectivity index (χ4v) is 3.89. The highest BCUT2D eigenvalue weighted by atomic mass is 35.5. The van der Waals surface area contributed by atoms with E-state index < -0.39 is 0 Å². The Kier molecular flexibility index (Phi) is 8.01. The minimum absolute atomic E-state index is 0.0206. The van der Waals surface area contributed by atoms with Gasteiger partial charge in [0.2, 0.25) is 5.91 Å². The van der Waals surface area contributed by atoms with Crippen molar-refractivity contribution in [1.82, 2.24) is 14.9 Å². The lowest BCUT2D eigenvalue weighted by Crippen LogP contribution is -2.53. The molecule has 2 aromatic carbocycles. The van der Waals surface area contributed by atoms with Gasteiger partial charge in [-0.2, -0.15) is 0 Å². The van der Waals surface area contributed by atoms with Gasteiger partial charge in [0.25, 0.3) is 5.91 Å². The Bertz CT molecular complexity index is 996. The molecule has 1 aliphatic rings. The number of amides is 2. The standard InChI is InChI=1S/C24H27ClFN3O3/c1-17-15-28(16-18-4-9-21(26)10-5-18)12-13-29(17)23(30)11-7-19-6-8-20(25)14-22(19)24(31)27(2)32-3/h4-11,14,17H,12-13,15-16H2,1-3H3/t17-/m1/s1. The van der Waals surface area contributed by atoms with E-state index in [0.717, 1.165) is 23.7 Å². The van der Waals surface area contributed by atoms with Crippen molar-refractivity contribution in [2.45, 2.75) is 19.5 Å². The summed E-state index contributed by atoms with van der Waals surface area (Å²) >= 11 is 6.06. The number of benzene rings is 2. The fraction of sp³-hybridized carbons (Fsp3) is 0.333. The van der Waals surface area contributed by atoms with Crippen molar-refractivity contribution < 1.29 is 18.8 Å². The maximum absolute atomic E-state index is 13.1. The van der Waals surface area contributed by atoms with Gasteiger partial charge in [-0.25, -0.2) is 9.45 Å². The topological polar surface area (TPSA) is 53.1 Å². The molecule has 0 N–H and O–H groups in total. The Balaban J connectivity index is 1.65. The predicted molar refractivity (Wildman–Crippen MR) is 122 cm³/mol. The molecule has 32 heavy (non-hydrogen) atoms. The van der Waals surface area contributed by atoms with Crippen molar-refractivity contribution in [2.75, 3.05) is 33.8 Å². The van der Waals surface area contributed by atoms with Gasteiger partial charge in [0.05, 0.1) is 12.7 Å². The molecule has 0 aromatic heterocycles. The van der Waals surface area contributed by atoms with E-state index in [4.69, 9.17) is 16.4 Å². The first-order valence-corrected chi connectivity index (χ1v) is 10.7. The van der Waals surface area contributed by atoms with Gasteiger partial charge < -0.3 is 4.90 Å². The van der Waals surface area contributed by atoms with E-state index in [1.54, 1.807) is 36.4 Å². The lowest BCUT2D eigenvalue weighted by molar-refractivity contribution is -0.130. The molecule has 0 radical (unpaired) electrons. The largest absolute Gasteiger partial charge is 0.334 e. The molecule has 1 fully saturated rings. The number of piperazine rings is 1. The van der Waals surface area contributed by atoms with Crippen LogP contribution in [0.3, 0.4) is 0 Å². The van der Waals surface area contributed by atoms with Crippen LogP contribution in [0.5, 0.6) is 0 Å². The number of carbonyl (C=O) groups is 2. The first-order chi connectivity index (χ1) is 15.3. The summed E-state index contributed by atoms with van der Waals surface area (Å²) in [5, 5.41) is 1.53. The number of halogens is 2. The average molecular weight is 460 g/mol. The van der Waals surface area contributed by atoms with Crippen LogP contribution < -0.4 is 0 Å². The number of nitrogens with zero attached hydrogens (tertiary/aromatic N) is 3. The van der Waals surface area contributed by atoms with Crippen LogP contribution in [0, 0.1) is 5.82 Å². The molecule has 0 aliphatic carbocycles. The highest BCUT2D eigenvalue weighted by Gasteiger charge is 2.26. The first kappa shape index (κ1) is 23.9. The number of hydroxylamine groups is 2. The fourth-order valence-electron chi connectivity index (χ4n) is 3.72. The van der Waals surface area contributed by atoms with Gasteiger partial charge in [0.1, 0.15) is 5.82 Å². The third kappa shape index (κ3) is 5.94. The highest BCUT2D eigenvalue weighted by molar-refractivity contribution is 6.31. The van der Waals surface area contributed by atoms with Crippen molar-refractivity contribution in [1.29, 1.82) is 0 Å². The van der Waals surface area contributed by atoms with E-state index >= 15 is 0 Å². The van der Waals surface area contributed by atoms with Crippen LogP contribution in [0.1, 0.15) is 28.4 Å². The minimum atomic E-state index is -0.357. The van der Waals surface area contributed by atoms with Crippen molar-refractivity contribution in [2.24, 2.45) is 0 Å². The minimum Gasteiger partial charge on any atom is -0.334 e. The van der Waals surface area contributed by atoms with Crippen molar-refractivity contribution in [3.63, 3.8) is 0 Å². The molecule has 1 atom stereocenters. The smallest absolute Gasteiger partial charge is 0.277 e. The van der Waals surface area contributed by atoms with Gasteiger partial charge in [-0.15, -0.1) is 0 Å². The first-order valence-electron chi connectivity index (χ1n) is 10.4. The van der Waals surface area contributed by atoms with E-state index in [0.29, 0.717) is 29.2 Å². The van der Waals surface area contributed by atoms with Gasteiger partial charge >= 0.3 is 0 Å². The Morgan fingerprint density at radius 3 is 2.59 bits per heavy atom. The van der Waals surface area contributed by atoms with Gasteiger partial charge in [0, 0.05) is 50.4 Å². The second-order valence-corrected chi connectivity index (χ2v) is 8.23. The number of carbonyl (C=O) groups excluding carboxylic acids is 2. The molecule has 1 heterocycles. The van der Waals surface area contributed by atoms with Crippen LogP contribution in [-0.4, -0.2) is 66.5 Å². The Labute approximate surface area is 192 Å². The molecule has 6 nitrogen and oxygen atoms in total. The van der Waals surface area contributed by atoms with Gasteiger partial charge in [-0.05, 0) is 48.4 Å². The summed E-state index contributed by atoms with van der Waals surface area (Å²) < 4.78 is 13.1. The van der Waals surface area contributed by atoms with E-state index in [1.165, 1.54) is 32.4 Å². The summed E-state index contributed by atoms with van der Waals surface area (Å²) in [6.45, 7) is 4.76. The molecule has 0 saturated carbocycles. The maximum Gasteiger partial charge on any atom is 0.277 e. The molecule has 2 aromatic rings. The Morgan fingerprint density at radius 2 is 1.94 bits per heavy atom. The molecular formula is C24H27ClFN3O3. The normalized spacial score (nSPS) is 17.0. The lowest BCUT2D eigenvalue weighted by Gasteiger charge is -2.39. The zero-order valence-corrected chi connectivity index (χ0v) is 19.2. The molecule has 2 amide bonds. The summed E-state index contributed by atoms with van der Waals surface area (Å²) in [5.41, 5.74) is 1.97. The zero-order chi connectivity index (χ0) is 23.3. The van der Waals surface area contributed by atoms with Crippen molar-refractivity contribution in [3.05, 3.63) is 76.1 Å². The van der Waals surface area contributed by atoms with Crippen molar-refractivity contribution in [3.8, 4) is 0 Å². The van der Waals surface area contributed by atoms with Crippen LogP contribution in [0.2, 0.25) is 5.02 Å². The van der Waals surface area contributed by atoms with Crippen molar-refractivity contribution >= 4 is 29.5 Å². The molecule has 0 bridgehead atoms. The summed E-state index contributed by atoms with van der Waals surface area (Å²) in [7, 11) is 2.91. The quantitative estimate of drug-likeness (QED) is 0.486. The second kappa shape index (κ2) is 10.7. The second-order valence-electron chi connectivity index (χ2n) is 7.79. The molecule has 0 spiro atoms. The summed E-state index contributed by atoms with van der Waals surface area (Å²) in [6.07, 6.45) is 3.12. The number of hydrogen-bond donors (Lipinski definition) is 0. The Hall–Kier alpha value is -2.74. The average Bonchev–Trinajstić information content (AvgIpc) is 2.78. The molecule has 1 saturated heterocycles. The van der Waals surface area contributed by atoms with E-state index in [2.05, 4.69) is 4.90 Å². The van der Waals surface area contributed by atoms with Crippen LogP contribution in [0.15, 0.2) is 48.5 Å². The molecule has 0 unspecified atom stereocenters. The number of rotatable bonds is 6. The molecule has 170 valence electrons. The van der Waals surface area contributed by atoms with Crippen LogP contribution in [-0.2, 0) is 16.2 Å². The summed E-state index contributed by atoms with van der Waals surface area (Å²) in [5.74, 6) is -0.721. The zero-order valence-electron chi connectivity index (χ0n) is 18.4. The predicted octanol–water partition coefficient (Wildman–Crippen LogP) is 3.86. The monoisotopic (exact) mass is 459 g/mol. The van der Waals surface area contributed by atoms with Crippen LogP contribution >= 0.6 is 11.6 Å². The molecule has 8 heteroatoms. The van der Waals surface area contributed by atoms with E-state index in [-0.39, 0.29) is 23.7 Å². The Morgan fingerprint density at radius 1 is 1.22 bits per heavy atom. The van der Waals surface area contributed by atoms with Gasteiger partial charge in [-0.1, -0.05) is 29.8 Å².